The first-order chi connectivity index (χ1) is 14.7. The topological polar surface area (TPSA) is 62.4 Å². The van der Waals surface area contributed by atoms with Gasteiger partial charge in [0.2, 0.25) is 0 Å². The minimum atomic E-state index is -0.252. The van der Waals surface area contributed by atoms with Gasteiger partial charge < -0.3 is 10.1 Å². The van der Waals surface area contributed by atoms with E-state index < -0.39 is 0 Å². The number of benzene rings is 3. The maximum Gasteiger partial charge on any atom is 0.269 e. The largest absolute Gasteiger partial charge is 0.488 e. The summed E-state index contributed by atoms with van der Waals surface area (Å²) in [6.45, 7) is 3.21. The number of nitrogens with one attached hydrogen (secondary N) is 3. The molecule has 0 aliphatic rings. The molecule has 0 radical (unpaired) electrons. The fraction of sp³-hybridized carbons (Fsp3) is 0.167. The number of carbonyl (C=O) groups excluding carboxylic acids is 1. The van der Waals surface area contributed by atoms with Gasteiger partial charge in [-0.3, -0.25) is 15.6 Å². The van der Waals surface area contributed by atoms with E-state index in [2.05, 4.69) is 28.3 Å². The van der Waals surface area contributed by atoms with Gasteiger partial charge in [-0.25, -0.2) is 0 Å². The molecule has 0 bridgehead atoms. The lowest BCUT2D eigenvalue weighted by Gasteiger charge is -2.13. The number of hydrogen-bond donors (Lipinski definition) is 3. The van der Waals surface area contributed by atoms with E-state index in [0.29, 0.717) is 17.3 Å². The van der Waals surface area contributed by atoms with E-state index in [1.165, 1.54) is 0 Å². The minimum Gasteiger partial charge on any atom is -0.488 e. The molecule has 0 aliphatic carbocycles. The summed E-state index contributed by atoms with van der Waals surface area (Å²) in [5, 5.41) is 3.38. The van der Waals surface area contributed by atoms with Crippen molar-refractivity contribution in [2.75, 3.05) is 6.54 Å². The van der Waals surface area contributed by atoms with Crippen LogP contribution in [-0.4, -0.2) is 17.6 Å². The number of amides is 1. The molecule has 0 saturated carbocycles. The molecule has 30 heavy (non-hydrogen) atoms. The van der Waals surface area contributed by atoms with Crippen LogP contribution in [0.5, 0.6) is 5.75 Å². The lowest BCUT2D eigenvalue weighted by atomic mass is 10.0. The first kappa shape index (κ1) is 21.3. The molecule has 6 heteroatoms. The number of thiocarbonyl (C=S) groups is 1. The van der Waals surface area contributed by atoms with Gasteiger partial charge in [0, 0.05) is 17.7 Å². The van der Waals surface area contributed by atoms with Crippen LogP contribution in [0.2, 0.25) is 0 Å². The number of hydrazine groups is 1. The van der Waals surface area contributed by atoms with Gasteiger partial charge in [-0.15, -0.1) is 0 Å². The Kier molecular flexibility index (Phi) is 7.80. The number of carbonyl (C=O) groups is 1. The Balaban J connectivity index is 1.57. The predicted octanol–water partition coefficient (Wildman–Crippen LogP) is 4.45. The van der Waals surface area contributed by atoms with Crippen molar-refractivity contribution in [3.05, 3.63) is 90.0 Å². The molecule has 3 N–H and O–H groups in total. The second-order valence-electron chi connectivity index (χ2n) is 6.68. The summed E-state index contributed by atoms with van der Waals surface area (Å²) >= 11 is 5.08. The van der Waals surface area contributed by atoms with Gasteiger partial charge in [0.15, 0.2) is 5.11 Å². The van der Waals surface area contributed by atoms with E-state index in [1.54, 1.807) is 12.1 Å². The summed E-state index contributed by atoms with van der Waals surface area (Å²) in [7, 11) is 0. The minimum absolute atomic E-state index is 0.252. The predicted molar refractivity (Wildman–Crippen MR) is 124 cm³/mol. The molecule has 0 saturated heterocycles. The summed E-state index contributed by atoms with van der Waals surface area (Å²) in [6.07, 6.45) is 0.953. The third-order valence-electron chi connectivity index (χ3n) is 4.41. The van der Waals surface area contributed by atoms with E-state index >= 15 is 0 Å². The van der Waals surface area contributed by atoms with Crippen molar-refractivity contribution in [2.24, 2.45) is 0 Å². The molecule has 0 unspecified atom stereocenters. The zero-order valence-electron chi connectivity index (χ0n) is 16.9. The molecule has 3 aromatic carbocycles. The van der Waals surface area contributed by atoms with Gasteiger partial charge >= 0.3 is 0 Å². The van der Waals surface area contributed by atoms with Crippen LogP contribution in [0.3, 0.4) is 0 Å². The van der Waals surface area contributed by atoms with Crippen molar-refractivity contribution in [2.45, 2.75) is 20.0 Å². The van der Waals surface area contributed by atoms with Gasteiger partial charge in [0.05, 0.1) is 0 Å². The van der Waals surface area contributed by atoms with Gasteiger partial charge in [-0.2, -0.15) is 0 Å². The quantitative estimate of drug-likeness (QED) is 0.390. The summed E-state index contributed by atoms with van der Waals surface area (Å²) in [5.41, 5.74) is 8.95. The fourth-order valence-corrected chi connectivity index (χ4v) is 2.98. The maximum absolute atomic E-state index is 12.2. The van der Waals surface area contributed by atoms with Crippen LogP contribution in [-0.2, 0) is 6.61 Å². The van der Waals surface area contributed by atoms with Crippen LogP contribution in [0.4, 0.5) is 0 Å². The van der Waals surface area contributed by atoms with Crippen LogP contribution in [0, 0.1) is 0 Å². The highest BCUT2D eigenvalue weighted by Gasteiger charge is 2.08. The summed E-state index contributed by atoms with van der Waals surface area (Å²) in [6, 6.07) is 25.4. The molecule has 5 nitrogen and oxygen atoms in total. The highest BCUT2D eigenvalue weighted by atomic mass is 32.1. The van der Waals surface area contributed by atoms with Gasteiger partial charge in [-0.05, 0) is 48.0 Å². The highest BCUT2D eigenvalue weighted by Crippen LogP contribution is 2.30. The third-order valence-corrected chi connectivity index (χ3v) is 4.65. The molecule has 0 fully saturated rings. The van der Waals surface area contributed by atoms with E-state index in [4.69, 9.17) is 17.0 Å². The van der Waals surface area contributed by atoms with Crippen molar-refractivity contribution in [1.82, 2.24) is 16.2 Å². The fourth-order valence-electron chi connectivity index (χ4n) is 2.83. The van der Waals surface area contributed by atoms with Crippen LogP contribution < -0.4 is 20.9 Å². The van der Waals surface area contributed by atoms with Crippen molar-refractivity contribution in [3.63, 3.8) is 0 Å². The molecule has 3 aromatic rings. The molecule has 0 aromatic heterocycles. The Bertz CT molecular complexity index is 975. The lowest BCUT2D eigenvalue weighted by Crippen LogP contribution is -2.46. The molecule has 154 valence electrons. The Morgan fingerprint density at radius 2 is 1.60 bits per heavy atom. The summed E-state index contributed by atoms with van der Waals surface area (Å²) in [4.78, 5) is 12.2. The average molecular weight is 420 g/mol. The number of hydrogen-bond acceptors (Lipinski definition) is 3. The van der Waals surface area contributed by atoms with Crippen molar-refractivity contribution >= 4 is 23.2 Å². The Morgan fingerprint density at radius 3 is 2.33 bits per heavy atom. The normalized spacial score (nSPS) is 10.2. The van der Waals surface area contributed by atoms with E-state index in [9.17, 15) is 4.79 Å². The van der Waals surface area contributed by atoms with E-state index in [-0.39, 0.29) is 5.91 Å². The SMILES string of the molecule is CCCNC(=S)NNC(=O)c1ccc(COc2ccccc2-c2ccccc2)cc1. The number of ether oxygens (including phenoxy) is 1. The molecule has 3 rings (SSSR count). The first-order valence-electron chi connectivity index (χ1n) is 9.87. The molecule has 0 spiro atoms. The standard InChI is InChI=1S/C24H25N3O2S/c1-2-16-25-24(30)27-26-23(28)20-14-12-18(13-15-20)17-29-22-11-7-6-10-21(22)19-8-4-3-5-9-19/h3-15H,2,16-17H2,1H3,(H,26,28)(H2,25,27,30). The average Bonchev–Trinajstić information content (AvgIpc) is 2.81. The van der Waals surface area contributed by atoms with E-state index in [1.807, 2.05) is 61.5 Å². The second kappa shape index (κ2) is 11.0. The van der Waals surface area contributed by atoms with Crippen LogP contribution >= 0.6 is 12.2 Å². The lowest BCUT2D eigenvalue weighted by molar-refractivity contribution is 0.0943. The summed E-state index contributed by atoms with van der Waals surface area (Å²) in [5.74, 6) is 0.570. The molecule has 0 aliphatic heterocycles. The molecular formula is C24H25N3O2S. The van der Waals surface area contributed by atoms with Crippen molar-refractivity contribution in [3.8, 4) is 16.9 Å². The zero-order valence-corrected chi connectivity index (χ0v) is 17.7. The van der Waals surface area contributed by atoms with Crippen LogP contribution in [0.25, 0.3) is 11.1 Å². The Hall–Kier alpha value is -3.38. The van der Waals surface area contributed by atoms with Crippen LogP contribution in [0.15, 0.2) is 78.9 Å². The van der Waals surface area contributed by atoms with Crippen LogP contribution in [0.1, 0.15) is 29.3 Å². The highest BCUT2D eigenvalue weighted by molar-refractivity contribution is 7.80. The van der Waals surface area contributed by atoms with Gasteiger partial charge in [-0.1, -0.05) is 67.6 Å². The van der Waals surface area contributed by atoms with Gasteiger partial charge in [0.1, 0.15) is 12.4 Å². The number of rotatable bonds is 7. The zero-order chi connectivity index (χ0) is 21.2. The Labute approximate surface area is 182 Å². The second-order valence-corrected chi connectivity index (χ2v) is 7.09. The maximum atomic E-state index is 12.2. The molecule has 0 atom stereocenters. The molecule has 1 amide bonds. The van der Waals surface area contributed by atoms with E-state index in [0.717, 1.165) is 35.4 Å². The van der Waals surface area contributed by atoms with Gasteiger partial charge in [0.25, 0.3) is 5.91 Å². The van der Waals surface area contributed by atoms with Crippen molar-refractivity contribution < 1.29 is 9.53 Å². The third kappa shape index (κ3) is 6.06. The monoisotopic (exact) mass is 419 g/mol. The number of para-hydroxylation sites is 1. The molecule has 0 heterocycles. The summed E-state index contributed by atoms with van der Waals surface area (Å²) < 4.78 is 6.06. The first-order valence-corrected chi connectivity index (χ1v) is 10.3. The smallest absolute Gasteiger partial charge is 0.269 e. The molecular weight excluding hydrogens is 394 g/mol. The van der Waals surface area contributed by atoms with Crippen molar-refractivity contribution in [1.29, 1.82) is 0 Å². The Morgan fingerprint density at radius 1 is 0.900 bits per heavy atom.